The van der Waals surface area contributed by atoms with Gasteiger partial charge in [-0.2, -0.15) is 5.10 Å². The molecule has 0 spiro atoms. The Balaban J connectivity index is 2.04. The zero-order chi connectivity index (χ0) is 7.94. The maximum absolute atomic E-state index is 3.94. The van der Waals surface area contributed by atoms with E-state index in [2.05, 4.69) is 16.9 Å². The minimum atomic E-state index is 1.20. The highest BCUT2D eigenvalue weighted by Gasteiger charge is 1.93. The van der Waals surface area contributed by atoms with Crippen LogP contribution in [0.3, 0.4) is 0 Å². The first-order valence-electron chi connectivity index (χ1n) is 4.28. The molecular weight excluding hydrogens is 155 g/mol. The van der Waals surface area contributed by atoms with Crippen molar-refractivity contribution >= 4 is 8.35 Å². The van der Waals surface area contributed by atoms with Gasteiger partial charge in [-0.05, 0) is 12.8 Å². The quantitative estimate of drug-likeness (QED) is 0.676. The van der Waals surface area contributed by atoms with Crippen LogP contribution in [0.5, 0.6) is 0 Å². The number of nitrogens with one attached hydrogen (secondary N) is 1. The summed E-state index contributed by atoms with van der Waals surface area (Å²) < 4.78 is 0. The molecule has 1 heterocycles. The molecule has 0 aliphatic rings. The molecule has 1 aromatic heterocycles. The monoisotopic (exact) mass is 170 g/mol. The molecule has 1 rings (SSSR count). The molecule has 11 heavy (non-hydrogen) atoms. The molecule has 1 aromatic rings. The van der Waals surface area contributed by atoms with Gasteiger partial charge in [0.05, 0.1) is 6.20 Å². The molecule has 0 bridgehead atoms. The van der Waals surface area contributed by atoms with Gasteiger partial charge >= 0.3 is 0 Å². The number of unbranched alkanes of at least 4 members (excludes halogenated alkanes) is 3. The van der Waals surface area contributed by atoms with Crippen LogP contribution in [0.4, 0.5) is 0 Å². The first-order chi connectivity index (χ1) is 5.43. The number of rotatable bonds is 5. The second-order valence-electron chi connectivity index (χ2n) is 2.77. The SMILES string of the molecule is CCCCCCc1cn[nH]p1. The van der Waals surface area contributed by atoms with Crippen LogP contribution in [-0.4, -0.2) is 9.96 Å². The fourth-order valence-electron chi connectivity index (χ4n) is 1.08. The van der Waals surface area contributed by atoms with E-state index in [1.54, 1.807) is 0 Å². The van der Waals surface area contributed by atoms with E-state index in [1.165, 1.54) is 45.8 Å². The van der Waals surface area contributed by atoms with Crippen molar-refractivity contribution in [2.75, 3.05) is 0 Å². The largest absolute Gasteiger partial charge is 0.260 e. The number of hydrogen-bond donors (Lipinski definition) is 1. The smallest absolute Gasteiger partial charge is 0.0567 e. The second-order valence-corrected chi connectivity index (χ2v) is 3.77. The number of hydrogen-bond acceptors (Lipinski definition) is 1. The summed E-state index contributed by atoms with van der Waals surface area (Å²) in [6, 6.07) is 0. The molecule has 0 saturated carbocycles. The molecule has 0 saturated heterocycles. The van der Waals surface area contributed by atoms with E-state index in [4.69, 9.17) is 0 Å². The summed E-state index contributed by atoms with van der Waals surface area (Å²) in [5.41, 5.74) is 0. The van der Waals surface area contributed by atoms with Crippen molar-refractivity contribution in [3.8, 4) is 0 Å². The Hall–Kier alpha value is -0.360. The van der Waals surface area contributed by atoms with E-state index >= 15 is 0 Å². The molecule has 0 atom stereocenters. The molecule has 0 radical (unpaired) electrons. The normalized spacial score (nSPS) is 11.0. The van der Waals surface area contributed by atoms with Crippen molar-refractivity contribution in [3.05, 3.63) is 11.5 Å². The zero-order valence-corrected chi connectivity index (χ0v) is 7.90. The van der Waals surface area contributed by atoms with E-state index in [1.807, 2.05) is 6.20 Å². The molecular formula is C8H15N2P. The van der Waals surface area contributed by atoms with Crippen molar-refractivity contribution in [2.45, 2.75) is 39.0 Å². The third-order valence-corrected chi connectivity index (χ3v) is 2.59. The summed E-state index contributed by atoms with van der Waals surface area (Å²) in [6.07, 6.45) is 8.55. The maximum Gasteiger partial charge on any atom is 0.0567 e. The predicted molar refractivity (Wildman–Crippen MR) is 48.9 cm³/mol. The van der Waals surface area contributed by atoms with Gasteiger partial charge in [0.15, 0.2) is 0 Å². The molecule has 2 nitrogen and oxygen atoms in total. The number of aromatic nitrogens is 2. The summed E-state index contributed by atoms with van der Waals surface area (Å²) in [5.74, 6) is 0. The van der Waals surface area contributed by atoms with Crippen LogP contribution in [0, 0.1) is 0 Å². The predicted octanol–water partition coefficient (Wildman–Crippen LogP) is 3.11. The van der Waals surface area contributed by atoms with Crippen molar-refractivity contribution in [2.24, 2.45) is 0 Å². The first kappa shape index (κ1) is 8.73. The third-order valence-electron chi connectivity index (χ3n) is 1.75. The molecule has 3 heteroatoms. The number of nitrogens with zero attached hydrogens (tertiary/aromatic N) is 1. The lowest BCUT2D eigenvalue weighted by Crippen LogP contribution is -1.80. The van der Waals surface area contributed by atoms with Crippen LogP contribution in [0.2, 0.25) is 0 Å². The highest BCUT2D eigenvalue weighted by molar-refractivity contribution is 7.26. The summed E-state index contributed by atoms with van der Waals surface area (Å²) in [7, 11) is 1.20. The number of aromatic amines is 1. The average Bonchev–Trinajstić information content (AvgIpc) is 2.50. The van der Waals surface area contributed by atoms with Crippen LogP contribution in [0.25, 0.3) is 0 Å². The van der Waals surface area contributed by atoms with Gasteiger partial charge < -0.3 is 0 Å². The Kier molecular flexibility index (Phi) is 4.22. The van der Waals surface area contributed by atoms with Crippen LogP contribution in [0.15, 0.2) is 6.20 Å². The molecule has 0 aliphatic carbocycles. The lowest BCUT2D eigenvalue weighted by atomic mass is 10.1. The van der Waals surface area contributed by atoms with Gasteiger partial charge in [-0.1, -0.05) is 26.2 Å². The fraction of sp³-hybridized carbons (Fsp3) is 0.750. The van der Waals surface area contributed by atoms with Gasteiger partial charge in [-0.15, -0.1) is 0 Å². The van der Waals surface area contributed by atoms with Crippen LogP contribution >= 0.6 is 8.35 Å². The van der Waals surface area contributed by atoms with Crippen molar-refractivity contribution in [1.29, 1.82) is 0 Å². The molecule has 1 N–H and O–H groups in total. The maximum atomic E-state index is 3.94. The molecule has 0 amide bonds. The Bertz CT molecular complexity index is 172. The highest BCUT2D eigenvalue weighted by atomic mass is 31.0. The minimum absolute atomic E-state index is 1.20. The molecule has 0 aromatic carbocycles. The van der Waals surface area contributed by atoms with Crippen molar-refractivity contribution in [1.82, 2.24) is 9.96 Å². The van der Waals surface area contributed by atoms with E-state index in [-0.39, 0.29) is 0 Å². The van der Waals surface area contributed by atoms with Gasteiger partial charge in [0.25, 0.3) is 0 Å². The topological polar surface area (TPSA) is 28.7 Å². The van der Waals surface area contributed by atoms with Crippen molar-refractivity contribution in [3.63, 3.8) is 0 Å². The second kappa shape index (κ2) is 5.31. The van der Waals surface area contributed by atoms with Gasteiger partial charge in [0.1, 0.15) is 0 Å². The molecule has 0 aliphatic heterocycles. The van der Waals surface area contributed by atoms with E-state index < -0.39 is 0 Å². The Labute approximate surface area is 69.6 Å². The number of H-pyrrole nitrogens is 1. The molecule has 62 valence electrons. The highest BCUT2D eigenvalue weighted by Crippen LogP contribution is 2.12. The zero-order valence-electron chi connectivity index (χ0n) is 7.01. The van der Waals surface area contributed by atoms with Gasteiger partial charge in [0, 0.05) is 13.6 Å². The van der Waals surface area contributed by atoms with Gasteiger partial charge in [0.2, 0.25) is 0 Å². The average molecular weight is 170 g/mol. The standard InChI is InChI=1S/C8H15N2P/c1-2-3-4-5-6-8-7-9-10-11-8/h7H,2-6H2,1H3,(H,9,10). The lowest BCUT2D eigenvalue weighted by molar-refractivity contribution is 0.670. The molecule has 0 unspecified atom stereocenters. The first-order valence-corrected chi connectivity index (χ1v) is 5.17. The Morgan fingerprint density at radius 1 is 1.45 bits per heavy atom. The number of aryl methyl sites for hydroxylation is 1. The van der Waals surface area contributed by atoms with Gasteiger partial charge in [-0.25, -0.2) is 0 Å². The van der Waals surface area contributed by atoms with Crippen LogP contribution in [0.1, 0.15) is 37.9 Å². The summed E-state index contributed by atoms with van der Waals surface area (Å²) in [4.78, 5) is 2.92. The minimum Gasteiger partial charge on any atom is -0.260 e. The summed E-state index contributed by atoms with van der Waals surface area (Å²) in [6.45, 7) is 2.24. The van der Waals surface area contributed by atoms with E-state index in [0.29, 0.717) is 0 Å². The third kappa shape index (κ3) is 3.52. The summed E-state index contributed by atoms with van der Waals surface area (Å²) in [5, 5.41) is 5.37. The van der Waals surface area contributed by atoms with E-state index in [0.717, 1.165) is 0 Å². The lowest BCUT2D eigenvalue weighted by Gasteiger charge is -1.94. The van der Waals surface area contributed by atoms with Crippen molar-refractivity contribution < 1.29 is 0 Å². The van der Waals surface area contributed by atoms with Crippen LogP contribution < -0.4 is 0 Å². The fourth-order valence-corrected chi connectivity index (χ4v) is 1.71. The molecule has 0 fully saturated rings. The van der Waals surface area contributed by atoms with E-state index in [9.17, 15) is 0 Å². The summed E-state index contributed by atoms with van der Waals surface area (Å²) >= 11 is 0. The van der Waals surface area contributed by atoms with Gasteiger partial charge in [-0.3, -0.25) is 4.86 Å². The van der Waals surface area contributed by atoms with Crippen LogP contribution in [-0.2, 0) is 6.42 Å². The Morgan fingerprint density at radius 2 is 2.36 bits per heavy atom. The Morgan fingerprint density at radius 3 is 3.00 bits per heavy atom.